The number of anilines is 1. The molecule has 0 saturated carbocycles. The summed E-state index contributed by atoms with van der Waals surface area (Å²) in [5, 5.41) is 2.87. The van der Waals surface area contributed by atoms with Crippen LogP contribution in [0.15, 0.2) is 12.1 Å². The number of nitrogens with one attached hydrogen (secondary N) is 1. The zero-order chi connectivity index (χ0) is 14.5. The molecule has 0 saturated heterocycles. The number of fused-ring (bicyclic) bond motifs is 2. The Hall–Kier alpha value is -1.71. The van der Waals surface area contributed by atoms with Gasteiger partial charge in [-0.05, 0) is 6.92 Å². The first kappa shape index (κ1) is 15.7. The van der Waals surface area contributed by atoms with Gasteiger partial charge in [0.2, 0.25) is 5.91 Å². The van der Waals surface area contributed by atoms with Crippen LogP contribution in [0.5, 0.6) is 11.5 Å². The van der Waals surface area contributed by atoms with Gasteiger partial charge in [-0.2, -0.15) is 0 Å². The van der Waals surface area contributed by atoms with E-state index < -0.39 is 12.3 Å². The average Bonchev–Trinajstić information content (AvgIpc) is 2.82. The van der Waals surface area contributed by atoms with Crippen molar-refractivity contribution in [3.05, 3.63) is 12.1 Å². The summed E-state index contributed by atoms with van der Waals surface area (Å²) >= 11 is 1.13. The fourth-order valence-electron chi connectivity index (χ4n) is 1.65. The lowest BCUT2D eigenvalue weighted by Gasteiger charge is -2.04. The van der Waals surface area contributed by atoms with Crippen LogP contribution in [0, 0.1) is 0 Å². The van der Waals surface area contributed by atoms with Crippen molar-refractivity contribution < 1.29 is 23.0 Å². The molecule has 0 bridgehead atoms. The highest BCUT2D eigenvalue weighted by atomic mass is 35.5. The van der Waals surface area contributed by atoms with Gasteiger partial charge in [0, 0.05) is 12.1 Å². The Balaban J connectivity index is 0.00000161. The molecule has 0 unspecified atom stereocenters. The second-order valence-corrected chi connectivity index (χ2v) is 5.26. The zero-order valence-electron chi connectivity index (χ0n) is 10.6. The van der Waals surface area contributed by atoms with Gasteiger partial charge in [0.1, 0.15) is 0 Å². The number of alkyl halides is 2. The van der Waals surface area contributed by atoms with Crippen LogP contribution in [-0.2, 0) is 4.79 Å². The van der Waals surface area contributed by atoms with Crippen LogP contribution >= 0.6 is 23.7 Å². The van der Waals surface area contributed by atoms with E-state index in [1.54, 1.807) is 6.92 Å². The summed E-state index contributed by atoms with van der Waals surface area (Å²) in [6.07, 6.45) is -3.65. The zero-order valence-corrected chi connectivity index (χ0v) is 12.2. The summed E-state index contributed by atoms with van der Waals surface area (Å²) in [7, 11) is 0. The van der Waals surface area contributed by atoms with Crippen molar-refractivity contribution in [2.24, 2.45) is 5.73 Å². The molecule has 1 aliphatic heterocycles. The van der Waals surface area contributed by atoms with Crippen LogP contribution in [0.25, 0.3) is 10.2 Å². The molecule has 2 heterocycles. The van der Waals surface area contributed by atoms with Crippen molar-refractivity contribution in [2.75, 3.05) is 5.32 Å². The van der Waals surface area contributed by atoms with Gasteiger partial charge in [-0.1, -0.05) is 11.3 Å². The Morgan fingerprint density at radius 3 is 2.67 bits per heavy atom. The molecular formula is C11H10ClF2N3O3S. The number of ether oxygens (including phenoxy) is 2. The van der Waals surface area contributed by atoms with E-state index in [-0.39, 0.29) is 29.8 Å². The Morgan fingerprint density at radius 2 is 2.05 bits per heavy atom. The lowest BCUT2D eigenvalue weighted by Crippen LogP contribution is -2.32. The number of amides is 1. The largest absolute Gasteiger partial charge is 0.586 e. The molecule has 0 spiro atoms. The molecule has 1 atom stereocenters. The molecule has 1 aliphatic rings. The van der Waals surface area contributed by atoms with E-state index in [9.17, 15) is 13.6 Å². The second-order valence-electron chi connectivity index (χ2n) is 4.23. The summed E-state index contributed by atoms with van der Waals surface area (Å²) in [5.74, 6) is -0.523. The van der Waals surface area contributed by atoms with Gasteiger partial charge in [0.25, 0.3) is 0 Å². The minimum atomic E-state index is -3.65. The summed E-state index contributed by atoms with van der Waals surface area (Å²) in [6, 6.07) is 2.06. The molecule has 10 heteroatoms. The molecule has 1 aromatic carbocycles. The first-order valence-electron chi connectivity index (χ1n) is 5.61. The smallest absolute Gasteiger partial charge is 0.395 e. The van der Waals surface area contributed by atoms with Crippen molar-refractivity contribution in [1.82, 2.24) is 4.98 Å². The molecular weight excluding hydrogens is 328 g/mol. The normalized spacial score (nSPS) is 16.4. The lowest BCUT2D eigenvalue weighted by atomic mass is 10.3. The van der Waals surface area contributed by atoms with Crippen molar-refractivity contribution in [3.8, 4) is 11.5 Å². The maximum atomic E-state index is 12.9. The molecule has 2 aromatic rings. The third-order valence-electron chi connectivity index (χ3n) is 2.56. The number of thiazole rings is 1. The maximum absolute atomic E-state index is 12.9. The molecule has 3 N–H and O–H groups in total. The third kappa shape index (κ3) is 2.99. The number of carbonyl (C=O) groups excluding carboxylic acids is 1. The predicted molar refractivity (Wildman–Crippen MR) is 75.4 cm³/mol. The molecule has 1 amide bonds. The van der Waals surface area contributed by atoms with Crippen LogP contribution in [0.2, 0.25) is 0 Å². The molecule has 1 aromatic heterocycles. The highest BCUT2D eigenvalue weighted by Gasteiger charge is 2.43. The van der Waals surface area contributed by atoms with Gasteiger partial charge >= 0.3 is 6.29 Å². The van der Waals surface area contributed by atoms with Crippen LogP contribution in [0.4, 0.5) is 13.9 Å². The summed E-state index contributed by atoms with van der Waals surface area (Å²) in [4.78, 5) is 15.6. The number of carbonyl (C=O) groups is 1. The molecule has 0 radical (unpaired) electrons. The minimum Gasteiger partial charge on any atom is -0.395 e. The number of hydrogen-bond donors (Lipinski definition) is 2. The highest BCUT2D eigenvalue weighted by Crippen LogP contribution is 2.44. The number of hydrogen-bond acceptors (Lipinski definition) is 6. The van der Waals surface area contributed by atoms with E-state index in [4.69, 9.17) is 5.73 Å². The van der Waals surface area contributed by atoms with E-state index in [1.807, 2.05) is 0 Å². The first-order valence-corrected chi connectivity index (χ1v) is 6.42. The summed E-state index contributed by atoms with van der Waals surface area (Å²) in [6.45, 7) is 1.54. The van der Waals surface area contributed by atoms with Gasteiger partial charge in [0.05, 0.1) is 16.3 Å². The molecule has 0 fully saturated rings. The maximum Gasteiger partial charge on any atom is 0.586 e. The van der Waals surface area contributed by atoms with Crippen molar-refractivity contribution in [3.63, 3.8) is 0 Å². The molecule has 21 heavy (non-hydrogen) atoms. The van der Waals surface area contributed by atoms with Crippen LogP contribution in [-0.4, -0.2) is 23.2 Å². The molecule has 6 nitrogen and oxygen atoms in total. The number of benzene rings is 1. The Labute approximate surface area is 127 Å². The number of rotatable bonds is 2. The number of halogens is 3. The minimum absolute atomic E-state index is 0. The Morgan fingerprint density at radius 1 is 1.43 bits per heavy atom. The fraction of sp³-hybridized carbons (Fsp3) is 0.273. The van der Waals surface area contributed by atoms with Crippen molar-refractivity contribution in [1.29, 1.82) is 0 Å². The fourth-order valence-corrected chi connectivity index (χ4v) is 2.52. The summed E-state index contributed by atoms with van der Waals surface area (Å²) < 4.78 is 35.1. The standard InChI is InChI=1S/C11H9F2N3O3S.ClH/c1-4(14)9(17)16-10-15-5-2-6-7(3-8(5)20-10)19-11(12,13)18-6;/h2-4H,14H2,1H3,(H,15,16,17);1H/t4-;/m0./s1. The SMILES string of the molecule is C[C@H](N)C(=O)Nc1nc2cc3c(cc2s1)OC(F)(F)O3.Cl. The van der Waals surface area contributed by atoms with Gasteiger partial charge in [0.15, 0.2) is 16.6 Å². The van der Waals surface area contributed by atoms with Gasteiger partial charge < -0.3 is 20.5 Å². The quantitative estimate of drug-likeness (QED) is 0.878. The van der Waals surface area contributed by atoms with E-state index >= 15 is 0 Å². The molecule has 0 aliphatic carbocycles. The van der Waals surface area contributed by atoms with Crippen LogP contribution in [0.3, 0.4) is 0 Å². The number of nitrogens with two attached hydrogens (primary N) is 1. The lowest BCUT2D eigenvalue weighted by molar-refractivity contribution is -0.286. The Kier molecular flexibility index (Phi) is 3.91. The molecule has 3 rings (SSSR count). The van der Waals surface area contributed by atoms with E-state index in [2.05, 4.69) is 19.8 Å². The number of nitrogens with zero attached hydrogens (tertiary/aromatic N) is 1. The van der Waals surface area contributed by atoms with Gasteiger partial charge in [-0.3, -0.25) is 4.79 Å². The summed E-state index contributed by atoms with van der Waals surface area (Å²) in [5.41, 5.74) is 5.85. The monoisotopic (exact) mass is 337 g/mol. The van der Waals surface area contributed by atoms with Crippen LogP contribution in [0.1, 0.15) is 6.92 Å². The number of aromatic nitrogens is 1. The van der Waals surface area contributed by atoms with Crippen LogP contribution < -0.4 is 20.5 Å². The van der Waals surface area contributed by atoms with Gasteiger partial charge in [-0.15, -0.1) is 21.2 Å². The van der Waals surface area contributed by atoms with Gasteiger partial charge in [-0.25, -0.2) is 4.98 Å². The van der Waals surface area contributed by atoms with E-state index in [0.717, 1.165) is 11.3 Å². The highest BCUT2D eigenvalue weighted by molar-refractivity contribution is 7.22. The van der Waals surface area contributed by atoms with Crippen molar-refractivity contribution in [2.45, 2.75) is 19.3 Å². The predicted octanol–water partition coefficient (Wildman–Crippen LogP) is 2.33. The van der Waals surface area contributed by atoms with Crippen molar-refractivity contribution >= 4 is 45.0 Å². The second kappa shape index (κ2) is 5.24. The Bertz CT molecular complexity index is 662. The average molecular weight is 338 g/mol. The molecule has 114 valence electrons. The van der Waals surface area contributed by atoms with E-state index in [0.29, 0.717) is 15.3 Å². The first-order chi connectivity index (χ1) is 9.34. The third-order valence-corrected chi connectivity index (χ3v) is 3.49. The van der Waals surface area contributed by atoms with E-state index in [1.165, 1.54) is 12.1 Å². The topological polar surface area (TPSA) is 86.5 Å².